The Morgan fingerprint density at radius 3 is 2.25 bits per heavy atom. The molecule has 0 spiro atoms. The normalized spacial score (nSPS) is 15.0. The van der Waals surface area contributed by atoms with Gasteiger partial charge in [-0.15, -0.1) is 0 Å². The first-order valence-corrected chi connectivity index (χ1v) is 12.3. The van der Waals surface area contributed by atoms with Crippen LogP contribution in [0.15, 0.2) is 47.4 Å². The van der Waals surface area contributed by atoms with Gasteiger partial charge in [0.15, 0.2) is 0 Å². The van der Waals surface area contributed by atoms with Gasteiger partial charge in [-0.2, -0.15) is 4.31 Å². The molecule has 2 aromatic rings. The predicted octanol–water partition coefficient (Wildman–Crippen LogP) is 4.21. The minimum Gasteiger partial charge on any atom is -0.345 e. The van der Waals surface area contributed by atoms with Gasteiger partial charge in [0, 0.05) is 24.7 Å². The largest absolute Gasteiger partial charge is 0.345 e. The molecule has 2 aromatic carbocycles. The second-order valence-corrected chi connectivity index (χ2v) is 10.7. The Labute approximate surface area is 194 Å². The van der Waals surface area contributed by atoms with Gasteiger partial charge in [0.25, 0.3) is 5.91 Å². The van der Waals surface area contributed by atoms with Gasteiger partial charge >= 0.3 is 0 Å². The summed E-state index contributed by atoms with van der Waals surface area (Å²) in [6, 6.07) is 10.8. The van der Waals surface area contributed by atoms with E-state index in [1.807, 2.05) is 19.1 Å². The first-order chi connectivity index (χ1) is 15.0. The number of rotatable bonds is 8. The van der Waals surface area contributed by atoms with E-state index in [9.17, 15) is 18.0 Å². The van der Waals surface area contributed by atoms with Crippen molar-refractivity contribution in [1.29, 1.82) is 0 Å². The van der Waals surface area contributed by atoms with E-state index < -0.39 is 15.9 Å². The smallest absolute Gasteiger partial charge is 0.253 e. The summed E-state index contributed by atoms with van der Waals surface area (Å²) in [5.74, 6) is -0.318. The van der Waals surface area contributed by atoms with Gasteiger partial charge < -0.3 is 10.6 Å². The van der Waals surface area contributed by atoms with Crippen molar-refractivity contribution in [2.45, 2.75) is 50.6 Å². The third-order valence-corrected chi connectivity index (χ3v) is 7.92. The Morgan fingerprint density at radius 2 is 1.69 bits per heavy atom. The summed E-state index contributed by atoms with van der Waals surface area (Å²) < 4.78 is 26.8. The number of sulfonamides is 1. The van der Waals surface area contributed by atoms with Crippen molar-refractivity contribution in [3.63, 3.8) is 0 Å². The number of hydrogen-bond donors (Lipinski definition) is 2. The van der Waals surface area contributed by atoms with Gasteiger partial charge in [-0.3, -0.25) is 9.59 Å². The van der Waals surface area contributed by atoms with E-state index in [2.05, 4.69) is 10.6 Å². The molecule has 9 heteroatoms. The standard InChI is InChI=1S/C23H28ClN3O4S/c1-14(2)27(4)32(30,31)19-11-12-21(24)20(13-19)23(29)25-15(3)16-7-9-18(10-8-16)26-22(28)17-5-6-17/h7-15,17H,5-6H2,1-4H3,(H,25,29)(H,26,28). The molecule has 2 amide bonds. The average molecular weight is 478 g/mol. The van der Waals surface area contributed by atoms with Crippen molar-refractivity contribution in [3.8, 4) is 0 Å². The molecule has 32 heavy (non-hydrogen) atoms. The van der Waals surface area contributed by atoms with Crippen LogP contribution in [-0.4, -0.2) is 37.6 Å². The lowest BCUT2D eigenvalue weighted by molar-refractivity contribution is -0.117. The van der Waals surface area contributed by atoms with E-state index in [0.29, 0.717) is 5.69 Å². The molecule has 1 aliphatic carbocycles. The van der Waals surface area contributed by atoms with Crippen LogP contribution >= 0.6 is 11.6 Å². The van der Waals surface area contributed by atoms with Crippen LogP contribution in [0.3, 0.4) is 0 Å². The highest BCUT2D eigenvalue weighted by molar-refractivity contribution is 7.89. The zero-order chi connectivity index (χ0) is 23.6. The van der Waals surface area contributed by atoms with Gasteiger partial charge in [-0.05, 0) is 69.5 Å². The van der Waals surface area contributed by atoms with E-state index >= 15 is 0 Å². The van der Waals surface area contributed by atoms with Gasteiger partial charge in [0.2, 0.25) is 15.9 Å². The second kappa shape index (κ2) is 9.60. The lowest BCUT2D eigenvalue weighted by Crippen LogP contribution is -2.33. The number of carbonyl (C=O) groups excluding carboxylic acids is 2. The van der Waals surface area contributed by atoms with Crippen molar-refractivity contribution in [2.75, 3.05) is 12.4 Å². The van der Waals surface area contributed by atoms with Crippen molar-refractivity contribution in [2.24, 2.45) is 5.92 Å². The molecule has 0 aromatic heterocycles. The number of anilines is 1. The van der Waals surface area contributed by atoms with Crippen molar-refractivity contribution in [1.82, 2.24) is 9.62 Å². The third-order valence-electron chi connectivity index (χ3n) is 5.56. The van der Waals surface area contributed by atoms with Crippen LogP contribution < -0.4 is 10.6 Å². The van der Waals surface area contributed by atoms with E-state index in [4.69, 9.17) is 11.6 Å². The van der Waals surface area contributed by atoms with Crippen molar-refractivity contribution >= 4 is 39.1 Å². The molecule has 1 aliphatic rings. The molecule has 0 saturated heterocycles. The SMILES string of the molecule is CC(NC(=O)c1cc(S(=O)(=O)N(C)C(C)C)ccc1Cl)c1ccc(NC(=O)C2CC2)cc1. The van der Waals surface area contributed by atoms with Crippen LogP contribution in [0.1, 0.15) is 55.6 Å². The number of nitrogens with one attached hydrogen (secondary N) is 2. The molecular weight excluding hydrogens is 450 g/mol. The van der Waals surface area contributed by atoms with E-state index in [0.717, 1.165) is 18.4 Å². The fourth-order valence-electron chi connectivity index (χ4n) is 3.09. The molecular formula is C23H28ClN3O4S. The summed E-state index contributed by atoms with van der Waals surface area (Å²) in [6.07, 6.45) is 1.87. The number of amides is 2. The molecule has 1 saturated carbocycles. The number of benzene rings is 2. The molecule has 1 atom stereocenters. The van der Waals surface area contributed by atoms with E-state index in [1.54, 1.807) is 26.0 Å². The number of hydrogen-bond acceptors (Lipinski definition) is 4. The Morgan fingerprint density at radius 1 is 1.06 bits per heavy atom. The van der Waals surface area contributed by atoms with E-state index in [-0.39, 0.29) is 39.4 Å². The highest BCUT2D eigenvalue weighted by Crippen LogP contribution is 2.30. The maximum absolute atomic E-state index is 12.9. The molecule has 2 N–H and O–H groups in total. The monoisotopic (exact) mass is 477 g/mol. The predicted molar refractivity (Wildman–Crippen MR) is 125 cm³/mol. The molecule has 172 valence electrons. The maximum atomic E-state index is 12.9. The molecule has 3 rings (SSSR count). The zero-order valence-electron chi connectivity index (χ0n) is 18.6. The summed E-state index contributed by atoms with van der Waals surface area (Å²) in [5, 5.41) is 5.90. The third kappa shape index (κ3) is 5.49. The van der Waals surface area contributed by atoms with Crippen LogP contribution in [-0.2, 0) is 14.8 Å². The number of nitrogens with zero attached hydrogens (tertiary/aromatic N) is 1. The molecule has 0 aliphatic heterocycles. The Hall–Kier alpha value is -2.42. The first-order valence-electron chi connectivity index (χ1n) is 10.5. The fourth-order valence-corrected chi connectivity index (χ4v) is 4.68. The molecule has 1 fully saturated rings. The molecule has 1 unspecified atom stereocenters. The minimum absolute atomic E-state index is 0.00617. The Bertz CT molecular complexity index is 1110. The summed E-state index contributed by atoms with van der Waals surface area (Å²) >= 11 is 6.20. The van der Waals surface area contributed by atoms with Gasteiger partial charge in [0.1, 0.15) is 0 Å². The zero-order valence-corrected chi connectivity index (χ0v) is 20.1. The minimum atomic E-state index is -3.75. The first kappa shape index (κ1) is 24.2. The van der Waals surface area contributed by atoms with Crippen LogP contribution in [0.4, 0.5) is 5.69 Å². The lowest BCUT2D eigenvalue weighted by atomic mass is 10.1. The topological polar surface area (TPSA) is 95.6 Å². The van der Waals surface area contributed by atoms with Crippen LogP contribution in [0.25, 0.3) is 0 Å². The fraction of sp³-hybridized carbons (Fsp3) is 0.391. The van der Waals surface area contributed by atoms with Crippen molar-refractivity contribution in [3.05, 3.63) is 58.6 Å². The molecule has 0 radical (unpaired) electrons. The number of halogens is 1. The quantitative estimate of drug-likeness (QED) is 0.595. The van der Waals surface area contributed by atoms with Crippen LogP contribution in [0.5, 0.6) is 0 Å². The molecule has 0 bridgehead atoms. The van der Waals surface area contributed by atoms with Gasteiger partial charge in [-0.1, -0.05) is 23.7 Å². The summed E-state index contributed by atoms with van der Waals surface area (Å²) in [5.41, 5.74) is 1.63. The highest BCUT2D eigenvalue weighted by atomic mass is 35.5. The van der Waals surface area contributed by atoms with Crippen LogP contribution in [0, 0.1) is 5.92 Å². The second-order valence-electron chi connectivity index (χ2n) is 8.34. The Kier molecular flexibility index (Phi) is 7.27. The molecule has 0 heterocycles. The van der Waals surface area contributed by atoms with Gasteiger partial charge in [-0.25, -0.2) is 8.42 Å². The summed E-state index contributed by atoms with van der Waals surface area (Å²) in [4.78, 5) is 24.8. The summed E-state index contributed by atoms with van der Waals surface area (Å²) in [6.45, 7) is 5.35. The maximum Gasteiger partial charge on any atom is 0.253 e. The average Bonchev–Trinajstić information content (AvgIpc) is 3.59. The lowest BCUT2D eigenvalue weighted by Gasteiger charge is -2.21. The van der Waals surface area contributed by atoms with Gasteiger partial charge in [0.05, 0.1) is 21.5 Å². The Balaban J connectivity index is 1.73. The summed E-state index contributed by atoms with van der Waals surface area (Å²) in [7, 11) is -2.25. The molecule has 7 nitrogen and oxygen atoms in total. The van der Waals surface area contributed by atoms with Crippen LogP contribution in [0.2, 0.25) is 5.02 Å². The van der Waals surface area contributed by atoms with E-state index in [1.165, 1.54) is 29.6 Å². The highest BCUT2D eigenvalue weighted by Gasteiger charge is 2.29. The number of carbonyl (C=O) groups is 2. The van der Waals surface area contributed by atoms with Crippen molar-refractivity contribution < 1.29 is 18.0 Å².